The molecule has 5 rings (SSSR count). The Hall–Kier alpha value is -4.97. The van der Waals surface area contributed by atoms with E-state index in [-0.39, 0.29) is 17.9 Å². The largest absolute Gasteiger partial charge is 0.329 e. The van der Waals surface area contributed by atoms with Crippen LogP contribution in [0.4, 0.5) is 11.6 Å². The summed E-state index contributed by atoms with van der Waals surface area (Å²) in [4.78, 5) is 43.2. The van der Waals surface area contributed by atoms with Crippen LogP contribution in [-0.2, 0) is 4.79 Å². The highest BCUT2D eigenvalue weighted by molar-refractivity contribution is 6.04. The van der Waals surface area contributed by atoms with E-state index in [2.05, 4.69) is 25.6 Å². The molecule has 0 spiro atoms. The van der Waals surface area contributed by atoms with Gasteiger partial charge in [-0.25, -0.2) is 15.0 Å². The van der Waals surface area contributed by atoms with Crippen molar-refractivity contribution >= 4 is 29.0 Å². The van der Waals surface area contributed by atoms with Gasteiger partial charge in [-0.2, -0.15) is 0 Å². The maximum absolute atomic E-state index is 13.1. The maximum Gasteiger partial charge on any atom is 0.256 e. The number of carbonyl (C=O) groups is 2. The molecule has 1 atom stereocenters. The number of pyridine rings is 1. The Morgan fingerprint density at radius 3 is 2.70 bits per heavy atom. The second kappa shape index (κ2) is 11.8. The Kier molecular flexibility index (Phi) is 7.87. The standard InChI is InChI=1S/C28H30N10O2/c1-36(2)16-6-9-23(39)37-17-5-7-21(37)27-33-24(25-26(34-35-29)31-15-18-38(25)27)19-10-12-20(13-11-19)28(40)32-22-8-3-4-14-30-22/h3-4,6,8-15,18,21H,5,7,16-17H2,1-2H3,(H2,29,31,34)(H,30,32,40)/b9-6+/t21-/m0/s1. The normalized spacial score (nSPS) is 15.6. The summed E-state index contributed by atoms with van der Waals surface area (Å²) in [5.74, 6) is 6.53. The zero-order chi connectivity index (χ0) is 28.1. The number of carbonyl (C=O) groups excluding carboxylic acids is 2. The summed E-state index contributed by atoms with van der Waals surface area (Å²) < 4.78 is 1.90. The van der Waals surface area contributed by atoms with Crippen molar-refractivity contribution in [2.24, 2.45) is 16.2 Å². The van der Waals surface area contributed by atoms with Crippen LogP contribution in [0, 0.1) is 0 Å². The van der Waals surface area contributed by atoms with Crippen molar-refractivity contribution in [1.29, 1.82) is 0 Å². The molecular weight excluding hydrogens is 508 g/mol. The lowest BCUT2D eigenvalue weighted by Crippen LogP contribution is -2.30. The monoisotopic (exact) mass is 538 g/mol. The highest BCUT2D eigenvalue weighted by Gasteiger charge is 2.33. The van der Waals surface area contributed by atoms with Crippen LogP contribution < -0.4 is 11.2 Å². The summed E-state index contributed by atoms with van der Waals surface area (Å²) in [6.45, 7) is 1.32. The zero-order valence-electron chi connectivity index (χ0n) is 22.3. The summed E-state index contributed by atoms with van der Waals surface area (Å²) in [6, 6.07) is 12.2. The van der Waals surface area contributed by atoms with Gasteiger partial charge < -0.3 is 21.0 Å². The van der Waals surface area contributed by atoms with Gasteiger partial charge in [-0.3, -0.25) is 14.0 Å². The third-order valence-electron chi connectivity index (χ3n) is 6.61. The number of likely N-dealkylation sites (N-methyl/N-ethyl adjacent to an activating group) is 1. The van der Waals surface area contributed by atoms with Crippen LogP contribution in [-0.4, -0.2) is 68.2 Å². The molecule has 0 aliphatic carbocycles. The van der Waals surface area contributed by atoms with E-state index in [0.29, 0.717) is 47.3 Å². The lowest BCUT2D eigenvalue weighted by Gasteiger charge is -2.22. The van der Waals surface area contributed by atoms with E-state index >= 15 is 0 Å². The SMILES string of the molecule is CN(C)C/C=C/C(=O)N1CCC[C@H]1c1nc(-c2ccc(C(=O)Nc3ccccn3)cc2)c2c(N=NN)nccn12. The molecule has 204 valence electrons. The second-order valence-electron chi connectivity index (χ2n) is 9.60. The van der Waals surface area contributed by atoms with Crippen molar-refractivity contribution in [1.82, 2.24) is 29.2 Å². The first-order valence-electron chi connectivity index (χ1n) is 12.9. The van der Waals surface area contributed by atoms with E-state index in [4.69, 9.17) is 10.8 Å². The number of hydrogen-bond donors (Lipinski definition) is 2. The Morgan fingerprint density at radius 2 is 1.98 bits per heavy atom. The van der Waals surface area contributed by atoms with Gasteiger partial charge in [0.1, 0.15) is 22.9 Å². The van der Waals surface area contributed by atoms with Crippen LogP contribution in [0.25, 0.3) is 16.8 Å². The number of amides is 2. The summed E-state index contributed by atoms with van der Waals surface area (Å²) in [7, 11) is 3.91. The number of benzene rings is 1. The van der Waals surface area contributed by atoms with Crippen molar-refractivity contribution in [2.75, 3.05) is 32.5 Å². The first-order valence-corrected chi connectivity index (χ1v) is 12.9. The molecule has 4 aromatic rings. The molecule has 12 nitrogen and oxygen atoms in total. The minimum absolute atomic E-state index is 0.0538. The lowest BCUT2D eigenvalue weighted by atomic mass is 10.1. The quantitative estimate of drug-likeness (QED) is 0.150. The van der Waals surface area contributed by atoms with Gasteiger partial charge in [0.2, 0.25) is 11.7 Å². The summed E-state index contributed by atoms with van der Waals surface area (Å²) in [5, 5.41) is 10.3. The van der Waals surface area contributed by atoms with Gasteiger partial charge in [0, 0.05) is 48.9 Å². The number of aromatic nitrogens is 4. The Labute approximate surface area is 231 Å². The number of fused-ring (bicyclic) bond motifs is 1. The summed E-state index contributed by atoms with van der Waals surface area (Å²) in [6.07, 6.45) is 10.1. The number of rotatable bonds is 8. The van der Waals surface area contributed by atoms with E-state index in [0.717, 1.165) is 18.4 Å². The van der Waals surface area contributed by atoms with E-state index in [9.17, 15) is 9.59 Å². The smallest absolute Gasteiger partial charge is 0.256 e. The van der Waals surface area contributed by atoms with Crippen LogP contribution in [0.2, 0.25) is 0 Å². The molecule has 1 aliphatic heterocycles. The minimum Gasteiger partial charge on any atom is -0.329 e. The molecule has 2 amide bonds. The number of nitrogens with one attached hydrogen (secondary N) is 1. The Bertz CT molecular complexity index is 1560. The number of imidazole rings is 1. The van der Waals surface area contributed by atoms with Crippen LogP contribution >= 0.6 is 0 Å². The maximum atomic E-state index is 13.1. The zero-order valence-corrected chi connectivity index (χ0v) is 22.3. The third kappa shape index (κ3) is 5.57. The number of nitrogens with zero attached hydrogens (tertiary/aromatic N) is 8. The van der Waals surface area contributed by atoms with Crippen LogP contribution in [0.15, 0.2) is 83.5 Å². The topological polar surface area (TPSA) is 146 Å². The summed E-state index contributed by atoms with van der Waals surface area (Å²) >= 11 is 0. The van der Waals surface area contributed by atoms with Crippen molar-refractivity contribution in [3.63, 3.8) is 0 Å². The van der Waals surface area contributed by atoms with Gasteiger partial charge in [-0.05, 0) is 51.2 Å². The van der Waals surface area contributed by atoms with Crippen LogP contribution in [0.3, 0.4) is 0 Å². The molecule has 1 aromatic carbocycles. The molecule has 4 heterocycles. The Morgan fingerprint density at radius 1 is 1.15 bits per heavy atom. The highest BCUT2D eigenvalue weighted by Crippen LogP contribution is 2.37. The molecule has 0 saturated carbocycles. The predicted molar refractivity (Wildman–Crippen MR) is 151 cm³/mol. The number of likely N-dealkylation sites (tertiary alicyclic amines) is 1. The van der Waals surface area contributed by atoms with Gasteiger partial charge in [-0.15, -0.1) is 5.11 Å². The van der Waals surface area contributed by atoms with E-state index in [1.54, 1.807) is 55.0 Å². The van der Waals surface area contributed by atoms with Crippen molar-refractivity contribution < 1.29 is 9.59 Å². The molecule has 1 saturated heterocycles. The molecule has 3 N–H and O–H groups in total. The van der Waals surface area contributed by atoms with Gasteiger partial charge in [-0.1, -0.05) is 29.5 Å². The van der Waals surface area contributed by atoms with Crippen molar-refractivity contribution in [3.8, 4) is 11.3 Å². The number of anilines is 1. The number of nitrogens with two attached hydrogens (primary N) is 1. The van der Waals surface area contributed by atoms with Gasteiger partial charge in [0.15, 0.2) is 0 Å². The van der Waals surface area contributed by atoms with E-state index in [1.165, 1.54) is 0 Å². The first kappa shape index (κ1) is 26.6. The molecule has 0 bridgehead atoms. The minimum atomic E-state index is -0.276. The second-order valence-corrected chi connectivity index (χ2v) is 9.60. The van der Waals surface area contributed by atoms with Crippen molar-refractivity contribution in [2.45, 2.75) is 18.9 Å². The van der Waals surface area contributed by atoms with Gasteiger partial charge in [0.25, 0.3) is 5.91 Å². The third-order valence-corrected chi connectivity index (χ3v) is 6.61. The van der Waals surface area contributed by atoms with Crippen LogP contribution in [0.5, 0.6) is 0 Å². The van der Waals surface area contributed by atoms with Crippen molar-refractivity contribution in [3.05, 3.63) is 84.6 Å². The first-order chi connectivity index (χ1) is 19.5. The fourth-order valence-corrected chi connectivity index (χ4v) is 4.77. The van der Waals surface area contributed by atoms with Crippen LogP contribution in [0.1, 0.15) is 35.1 Å². The highest BCUT2D eigenvalue weighted by atomic mass is 16.2. The lowest BCUT2D eigenvalue weighted by molar-refractivity contribution is -0.127. The molecule has 3 aromatic heterocycles. The van der Waals surface area contributed by atoms with E-state index in [1.807, 2.05) is 46.5 Å². The van der Waals surface area contributed by atoms with Gasteiger partial charge in [0.05, 0.1) is 6.04 Å². The number of hydrogen-bond acceptors (Lipinski definition) is 8. The molecule has 0 unspecified atom stereocenters. The Balaban J connectivity index is 1.50. The fraction of sp³-hybridized carbons (Fsp3) is 0.250. The summed E-state index contributed by atoms with van der Waals surface area (Å²) in [5.41, 5.74) is 2.43. The fourth-order valence-electron chi connectivity index (χ4n) is 4.77. The molecule has 12 heteroatoms. The molecular formula is C28H30N10O2. The molecule has 40 heavy (non-hydrogen) atoms. The average molecular weight is 539 g/mol. The predicted octanol–water partition coefficient (Wildman–Crippen LogP) is 3.78. The molecule has 1 aliphatic rings. The molecule has 0 radical (unpaired) electrons. The average Bonchev–Trinajstić information content (AvgIpc) is 3.59. The molecule has 1 fully saturated rings. The van der Waals surface area contributed by atoms with E-state index < -0.39 is 0 Å². The van der Waals surface area contributed by atoms with Gasteiger partial charge >= 0.3 is 0 Å².